The number of anilines is 1. The number of aryl methyl sites for hydroxylation is 1. The first-order chi connectivity index (χ1) is 10.8. The lowest BCUT2D eigenvalue weighted by Gasteiger charge is -2.22. The number of hydrogen-bond acceptors (Lipinski definition) is 2. The fourth-order valence-electron chi connectivity index (χ4n) is 3.44. The molecule has 2 aliphatic rings. The molecule has 0 saturated carbocycles. The monoisotopic (exact) mass is 429 g/mol. The van der Waals surface area contributed by atoms with Gasteiger partial charge < -0.3 is 15.8 Å². The molecule has 128 valence electrons. The number of halogens is 1. The number of ether oxygens (including phenoxy) is 1. The van der Waals surface area contributed by atoms with Crippen molar-refractivity contribution in [3.63, 3.8) is 0 Å². The number of hydrogen-bond donors (Lipinski definition) is 2. The van der Waals surface area contributed by atoms with Gasteiger partial charge in [-0.3, -0.25) is 4.99 Å². The molecule has 23 heavy (non-hydrogen) atoms. The van der Waals surface area contributed by atoms with Crippen LogP contribution >= 0.6 is 24.0 Å². The van der Waals surface area contributed by atoms with Crippen molar-refractivity contribution in [2.75, 3.05) is 18.5 Å². The molecule has 1 aliphatic heterocycles. The SMILES string of the molecule is I.NC(=NCCC1CCCCO1)Nc1cccc2c1CCCC2. The lowest BCUT2D eigenvalue weighted by atomic mass is 9.90. The quantitative estimate of drug-likeness (QED) is 0.434. The van der Waals surface area contributed by atoms with Crippen molar-refractivity contribution in [3.8, 4) is 0 Å². The van der Waals surface area contributed by atoms with Crippen LogP contribution in [0.5, 0.6) is 0 Å². The minimum absolute atomic E-state index is 0. The number of nitrogens with one attached hydrogen (secondary N) is 1. The van der Waals surface area contributed by atoms with Crippen molar-refractivity contribution < 1.29 is 4.74 Å². The van der Waals surface area contributed by atoms with Gasteiger partial charge in [0.05, 0.1) is 6.10 Å². The largest absolute Gasteiger partial charge is 0.378 e. The van der Waals surface area contributed by atoms with E-state index in [2.05, 4.69) is 28.5 Å². The number of benzene rings is 1. The minimum Gasteiger partial charge on any atom is -0.378 e. The van der Waals surface area contributed by atoms with Gasteiger partial charge in [-0.25, -0.2) is 0 Å². The van der Waals surface area contributed by atoms with Gasteiger partial charge in [0.15, 0.2) is 5.96 Å². The zero-order chi connectivity index (χ0) is 15.2. The summed E-state index contributed by atoms with van der Waals surface area (Å²) < 4.78 is 5.72. The molecule has 3 N–H and O–H groups in total. The summed E-state index contributed by atoms with van der Waals surface area (Å²) in [5, 5.41) is 3.29. The summed E-state index contributed by atoms with van der Waals surface area (Å²) in [6.45, 7) is 1.64. The fourth-order valence-corrected chi connectivity index (χ4v) is 3.44. The summed E-state index contributed by atoms with van der Waals surface area (Å²) in [6, 6.07) is 6.44. The van der Waals surface area contributed by atoms with Crippen molar-refractivity contribution in [2.24, 2.45) is 10.7 Å². The molecule has 1 atom stereocenters. The van der Waals surface area contributed by atoms with Gasteiger partial charge in [-0.05, 0) is 68.6 Å². The molecule has 1 aromatic rings. The molecule has 1 unspecified atom stereocenters. The Labute approximate surface area is 156 Å². The Balaban J connectivity index is 0.00000192. The van der Waals surface area contributed by atoms with Crippen LogP contribution in [0.3, 0.4) is 0 Å². The highest BCUT2D eigenvalue weighted by Crippen LogP contribution is 2.27. The third kappa shape index (κ3) is 5.35. The Kier molecular flexibility index (Phi) is 7.62. The highest BCUT2D eigenvalue weighted by molar-refractivity contribution is 14.0. The molecule has 0 aromatic heterocycles. The van der Waals surface area contributed by atoms with Crippen molar-refractivity contribution in [1.82, 2.24) is 0 Å². The summed E-state index contributed by atoms with van der Waals surface area (Å²) in [5.74, 6) is 0.523. The molecule has 1 aromatic carbocycles. The zero-order valence-corrected chi connectivity index (χ0v) is 16.1. The van der Waals surface area contributed by atoms with E-state index < -0.39 is 0 Å². The maximum absolute atomic E-state index is 6.05. The zero-order valence-electron chi connectivity index (χ0n) is 13.7. The molecule has 5 heteroatoms. The Hall–Kier alpha value is -0.820. The first kappa shape index (κ1) is 18.5. The number of nitrogens with zero attached hydrogens (tertiary/aromatic N) is 1. The molecule has 1 fully saturated rings. The van der Waals surface area contributed by atoms with Crippen LogP contribution in [-0.2, 0) is 17.6 Å². The van der Waals surface area contributed by atoms with Gasteiger partial charge in [0.2, 0.25) is 0 Å². The van der Waals surface area contributed by atoms with Gasteiger partial charge in [-0.1, -0.05) is 12.1 Å². The molecule has 3 rings (SSSR count). The van der Waals surface area contributed by atoms with E-state index in [4.69, 9.17) is 10.5 Å². The van der Waals surface area contributed by atoms with E-state index in [-0.39, 0.29) is 24.0 Å². The smallest absolute Gasteiger partial charge is 0.193 e. The number of nitrogens with two attached hydrogens (primary N) is 1. The number of aliphatic imine (C=N–C) groups is 1. The summed E-state index contributed by atoms with van der Waals surface area (Å²) in [6.07, 6.45) is 9.85. The standard InChI is InChI=1S/C18H27N3O.HI/c19-18(20-12-11-15-8-3-4-13-22-15)21-17-10-5-7-14-6-1-2-9-16(14)17;/h5,7,10,15H,1-4,6,8-9,11-13H2,(H3,19,20,21);1H. The van der Waals surface area contributed by atoms with Crippen LogP contribution in [0, 0.1) is 0 Å². The normalized spacial score (nSPS) is 21.2. The van der Waals surface area contributed by atoms with Gasteiger partial charge in [0.1, 0.15) is 0 Å². The van der Waals surface area contributed by atoms with E-state index in [0.717, 1.165) is 38.1 Å². The Morgan fingerprint density at radius 3 is 2.91 bits per heavy atom. The van der Waals surface area contributed by atoms with Crippen LogP contribution in [0.1, 0.15) is 49.7 Å². The van der Waals surface area contributed by atoms with E-state index >= 15 is 0 Å². The lowest BCUT2D eigenvalue weighted by Crippen LogP contribution is -2.25. The fraction of sp³-hybridized carbons (Fsp3) is 0.611. The first-order valence-corrected chi connectivity index (χ1v) is 8.62. The van der Waals surface area contributed by atoms with Gasteiger partial charge >= 0.3 is 0 Å². The van der Waals surface area contributed by atoms with E-state index in [1.807, 2.05) is 0 Å². The van der Waals surface area contributed by atoms with Crippen LogP contribution in [0.15, 0.2) is 23.2 Å². The topological polar surface area (TPSA) is 59.6 Å². The van der Waals surface area contributed by atoms with Gasteiger partial charge in [-0.15, -0.1) is 24.0 Å². The Morgan fingerprint density at radius 2 is 2.09 bits per heavy atom. The van der Waals surface area contributed by atoms with E-state index in [1.165, 1.54) is 43.2 Å². The van der Waals surface area contributed by atoms with Crippen LogP contribution in [-0.4, -0.2) is 25.2 Å². The Bertz CT molecular complexity index is 527. The van der Waals surface area contributed by atoms with E-state index in [1.54, 1.807) is 0 Å². The second-order valence-electron chi connectivity index (χ2n) is 6.32. The predicted octanol–water partition coefficient (Wildman–Crippen LogP) is 3.87. The average molecular weight is 429 g/mol. The summed E-state index contributed by atoms with van der Waals surface area (Å²) in [4.78, 5) is 4.47. The predicted molar refractivity (Wildman–Crippen MR) is 107 cm³/mol. The molecule has 4 nitrogen and oxygen atoms in total. The molecule has 1 heterocycles. The molecule has 1 aliphatic carbocycles. The van der Waals surface area contributed by atoms with Crippen LogP contribution in [0.4, 0.5) is 5.69 Å². The van der Waals surface area contributed by atoms with Crippen molar-refractivity contribution >= 4 is 35.6 Å². The third-order valence-electron chi connectivity index (χ3n) is 4.67. The lowest BCUT2D eigenvalue weighted by molar-refractivity contribution is 0.0129. The number of rotatable bonds is 4. The molecular weight excluding hydrogens is 401 g/mol. The molecule has 0 amide bonds. The summed E-state index contributed by atoms with van der Waals surface area (Å²) >= 11 is 0. The van der Waals surface area contributed by atoms with Crippen LogP contribution in [0.25, 0.3) is 0 Å². The molecule has 0 radical (unpaired) electrons. The van der Waals surface area contributed by atoms with Crippen LogP contribution < -0.4 is 11.1 Å². The number of guanidine groups is 1. The van der Waals surface area contributed by atoms with Gasteiger partial charge in [0, 0.05) is 18.8 Å². The maximum atomic E-state index is 6.05. The summed E-state index contributed by atoms with van der Waals surface area (Å²) in [5.41, 5.74) is 10.1. The maximum Gasteiger partial charge on any atom is 0.193 e. The molecular formula is C18H28IN3O. The van der Waals surface area contributed by atoms with Crippen molar-refractivity contribution in [1.29, 1.82) is 0 Å². The molecule has 0 spiro atoms. The van der Waals surface area contributed by atoms with Crippen molar-refractivity contribution in [2.45, 2.75) is 57.5 Å². The molecule has 0 bridgehead atoms. The van der Waals surface area contributed by atoms with Gasteiger partial charge in [0.25, 0.3) is 0 Å². The van der Waals surface area contributed by atoms with Gasteiger partial charge in [-0.2, -0.15) is 0 Å². The summed E-state index contributed by atoms with van der Waals surface area (Å²) in [7, 11) is 0. The van der Waals surface area contributed by atoms with E-state index in [9.17, 15) is 0 Å². The highest BCUT2D eigenvalue weighted by Gasteiger charge is 2.14. The van der Waals surface area contributed by atoms with E-state index in [0.29, 0.717) is 12.1 Å². The second kappa shape index (κ2) is 9.47. The van der Waals surface area contributed by atoms with Crippen LogP contribution in [0.2, 0.25) is 0 Å². The number of fused-ring (bicyclic) bond motifs is 1. The first-order valence-electron chi connectivity index (χ1n) is 8.62. The van der Waals surface area contributed by atoms with Crippen molar-refractivity contribution in [3.05, 3.63) is 29.3 Å². The molecule has 1 saturated heterocycles. The third-order valence-corrected chi connectivity index (χ3v) is 4.67. The Morgan fingerprint density at radius 1 is 1.22 bits per heavy atom. The second-order valence-corrected chi connectivity index (χ2v) is 6.32. The average Bonchev–Trinajstić information content (AvgIpc) is 2.56. The highest BCUT2D eigenvalue weighted by atomic mass is 127. The minimum atomic E-state index is 0.